The molecular weight excluding hydrogens is 126 g/mol. The molecule has 2 nitrogen and oxygen atoms in total. The summed E-state index contributed by atoms with van der Waals surface area (Å²) >= 11 is 0. The van der Waals surface area contributed by atoms with E-state index in [-0.39, 0.29) is 0 Å². The molecule has 1 unspecified atom stereocenters. The molecule has 0 spiro atoms. The Bertz CT molecular complexity index is 131. The molecule has 0 radical (unpaired) electrons. The molecule has 1 fully saturated rings. The van der Waals surface area contributed by atoms with Crippen LogP contribution in [0.1, 0.15) is 19.3 Å². The lowest BCUT2D eigenvalue weighted by Crippen LogP contribution is -2.12. The third-order valence-corrected chi connectivity index (χ3v) is 2.11. The summed E-state index contributed by atoms with van der Waals surface area (Å²) in [7, 11) is 3.63. The monoisotopic (exact) mass is 141 g/mol. The van der Waals surface area contributed by atoms with E-state index >= 15 is 0 Å². The molecule has 0 saturated heterocycles. The van der Waals surface area contributed by atoms with Crippen molar-refractivity contribution in [2.24, 2.45) is 10.9 Å². The van der Waals surface area contributed by atoms with E-state index < -0.39 is 0 Å². The summed E-state index contributed by atoms with van der Waals surface area (Å²) < 4.78 is 5.08. The summed E-state index contributed by atoms with van der Waals surface area (Å²) in [5.41, 5.74) is 1.35. The van der Waals surface area contributed by atoms with Gasteiger partial charge in [0.2, 0.25) is 0 Å². The molecule has 2 heteroatoms. The number of hydrogen-bond acceptors (Lipinski definition) is 2. The molecule has 0 aromatic heterocycles. The lowest BCUT2D eigenvalue weighted by atomic mass is 10.1. The molecule has 0 bridgehead atoms. The largest absolute Gasteiger partial charge is 0.384 e. The summed E-state index contributed by atoms with van der Waals surface area (Å²) in [6.07, 6.45) is 3.74. The summed E-state index contributed by atoms with van der Waals surface area (Å²) in [4.78, 5) is 4.22. The first-order valence-electron chi connectivity index (χ1n) is 3.83. The van der Waals surface area contributed by atoms with Crippen molar-refractivity contribution in [2.45, 2.75) is 19.3 Å². The molecule has 1 rings (SSSR count). The first-order valence-corrected chi connectivity index (χ1v) is 3.83. The number of rotatable bonds is 2. The van der Waals surface area contributed by atoms with Gasteiger partial charge in [0.05, 0.1) is 6.61 Å². The highest BCUT2D eigenvalue weighted by molar-refractivity contribution is 5.88. The van der Waals surface area contributed by atoms with Crippen molar-refractivity contribution in [3.8, 4) is 0 Å². The van der Waals surface area contributed by atoms with Gasteiger partial charge in [0.15, 0.2) is 0 Å². The van der Waals surface area contributed by atoms with E-state index in [0.29, 0.717) is 5.92 Å². The van der Waals surface area contributed by atoms with E-state index in [1.54, 1.807) is 7.11 Å². The smallest absolute Gasteiger partial charge is 0.0542 e. The SMILES string of the molecule is CN=C1CCCC1COC. The second kappa shape index (κ2) is 3.71. The van der Waals surface area contributed by atoms with Crippen molar-refractivity contribution in [1.82, 2.24) is 0 Å². The zero-order valence-electron chi connectivity index (χ0n) is 6.76. The third kappa shape index (κ3) is 1.57. The minimum Gasteiger partial charge on any atom is -0.384 e. The highest BCUT2D eigenvalue weighted by Crippen LogP contribution is 2.22. The van der Waals surface area contributed by atoms with E-state index in [2.05, 4.69) is 4.99 Å². The molecule has 0 amide bonds. The fourth-order valence-electron chi connectivity index (χ4n) is 1.58. The van der Waals surface area contributed by atoms with Crippen LogP contribution in [-0.4, -0.2) is 26.5 Å². The normalized spacial score (nSPS) is 29.8. The third-order valence-electron chi connectivity index (χ3n) is 2.11. The van der Waals surface area contributed by atoms with E-state index in [9.17, 15) is 0 Å². The Morgan fingerprint density at radius 3 is 3.10 bits per heavy atom. The van der Waals surface area contributed by atoms with Crippen LogP contribution in [0.25, 0.3) is 0 Å². The summed E-state index contributed by atoms with van der Waals surface area (Å²) in [6, 6.07) is 0. The van der Waals surface area contributed by atoms with Crippen LogP contribution in [0.15, 0.2) is 4.99 Å². The molecule has 1 aliphatic carbocycles. The number of hydrogen-bond donors (Lipinski definition) is 0. The fraction of sp³-hybridized carbons (Fsp3) is 0.875. The summed E-state index contributed by atoms with van der Waals surface area (Å²) in [5, 5.41) is 0. The molecule has 0 aromatic rings. The average Bonchev–Trinajstić information content (AvgIpc) is 2.36. The molecule has 10 heavy (non-hydrogen) atoms. The van der Waals surface area contributed by atoms with Gasteiger partial charge in [-0.1, -0.05) is 0 Å². The number of ether oxygens (including phenoxy) is 1. The van der Waals surface area contributed by atoms with Crippen molar-refractivity contribution in [2.75, 3.05) is 20.8 Å². The lowest BCUT2D eigenvalue weighted by Gasteiger charge is -2.07. The predicted octanol–water partition coefficient (Wildman–Crippen LogP) is 1.50. The molecule has 58 valence electrons. The Kier molecular flexibility index (Phi) is 2.87. The van der Waals surface area contributed by atoms with Crippen molar-refractivity contribution in [3.05, 3.63) is 0 Å². The molecular formula is C8H15NO. The van der Waals surface area contributed by atoms with Gasteiger partial charge in [0.25, 0.3) is 0 Å². The van der Waals surface area contributed by atoms with Gasteiger partial charge >= 0.3 is 0 Å². The van der Waals surface area contributed by atoms with Crippen LogP contribution in [-0.2, 0) is 4.74 Å². The van der Waals surface area contributed by atoms with Gasteiger partial charge in [-0.2, -0.15) is 0 Å². The second-order valence-electron chi connectivity index (χ2n) is 2.76. The van der Waals surface area contributed by atoms with Crippen molar-refractivity contribution >= 4 is 5.71 Å². The van der Waals surface area contributed by atoms with Crippen LogP contribution in [0.2, 0.25) is 0 Å². The molecule has 1 aliphatic rings. The zero-order valence-corrected chi connectivity index (χ0v) is 6.76. The number of methoxy groups -OCH3 is 1. The number of nitrogens with zero attached hydrogens (tertiary/aromatic N) is 1. The van der Waals surface area contributed by atoms with Gasteiger partial charge in [-0.05, 0) is 19.3 Å². The summed E-state index contributed by atoms with van der Waals surface area (Å²) in [5.74, 6) is 0.620. The second-order valence-corrected chi connectivity index (χ2v) is 2.76. The Morgan fingerprint density at radius 2 is 2.50 bits per heavy atom. The molecule has 1 saturated carbocycles. The predicted molar refractivity (Wildman–Crippen MR) is 42.6 cm³/mol. The van der Waals surface area contributed by atoms with Gasteiger partial charge in [0, 0.05) is 25.8 Å². The Hall–Kier alpha value is -0.370. The van der Waals surface area contributed by atoms with Crippen LogP contribution < -0.4 is 0 Å². The number of aliphatic imine (C=N–C) groups is 1. The van der Waals surface area contributed by atoms with Crippen LogP contribution in [0.5, 0.6) is 0 Å². The standard InChI is InChI=1S/C8H15NO/c1-9-8-5-3-4-7(8)6-10-2/h7H,3-6H2,1-2H3. The van der Waals surface area contributed by atoms with Gasteiger partial charge in [0.1, 0.15) is 0 Å². The highest BCUT2D eigenvalue weighted by Gasteiger charge is 2.20. The molecule has 0 heterocycles. The van der Waals surface area contributed by atoms with Gasteiger partial charge in [-0.3, -0.25) is 4.99 Å². The van der Waals surface area contributed by atoms with Gasteiger partial charge in [-0.15, -0.1) is 0 Å². The first kappa shape index (κ1) is 7.73. The summed E-state index contributed by atoms with van der Waals surface area (Å²) in [6.45, 7) is 0.854. The van der Waals surface area contributed by atoms with Crippen LogP contribution >= 0.6 is 0 Å². The van der Waals surface area contributed by atoms with Crippen LogP contribution in [0, 0.1) is 5.92 Å². The van der Waals surface area contributed by atoms with Crippen molar-refractivity contribution in [3.63, 3.8) is 0 Å². The zero-order chi connectivity index (χ0) is 7.40. The minimum atomic E-state index is 0.620. The van der Waals surface area contributed by atoms with E-state index in [0.717, 1.165) is 6.61 Å². The molecule has 0 N–H and O–H groups in total. The fourth-order valence-corrected chi connectivity index (χ4v) is 1.58. The van der Waals surface area contributed by atoms with Crippen molar-refractivity contribution in [1.29, 1.82) is 0 Å². The maximum Gasteiger partial charge on any atom is 0.0542 e. The van der Waals surface area contributed by atoms with Crippen LogP contribution in [0.4, 0.5) is 0 Å². The van der Waals surface area contributed by atoms with E-state index in [4.69, 9.17) is 4.74 Å². The maximum atomic E-state index is 5.08. The highest BCUT2D eigenvalue weighted by atomic mass is 16.5. The molecule has 1 atom stereocenters. The Balaban J connectivity index is 2.42. The lowest BCUT2D eigenvalue weighted by molar-refractivity contribution is 0.176. The van der Waals surface area contributed by atoms with Crippen LogP contribution in [0.3, 0.4) is 0 Å². The maximum absolute atomic E-state index is 5.08. The minimum absolute atomic E-state index is 0.620. The topological polar surface area (TPSA) is 21.6 Å². The molecule has 0 aromatic carbocycles. The average molecular weight is 141 g/mol. The quantitative estimate of drug-likeness (QED) is 0.571. The Morgan fingerprint density at radius 1 is 1.70 bits per heavy atom. The van der Waals surface area contributed by atoms with Gasteiger partial charge in [-0.25, -0.2) is 0 Å². The molecule has 0 aliphatic heterocycles. The Labute approximate surface area is 62.3 Å². The van der Waals surface area contributed by atoms with E-state index in [1.165, 1.54) is 25.0 Å². The van der Waals surface area contributed by atoms with Crippen molar-refractivity contribution < 1.29 is 4.74 Å². The first-order chi connectivity index (χ1) is 4.88. The van der Waals surface area contributed by atoms with Gasteiger partial charge < -0.3 is 4.74 Å². The van der Waals surface area contributed by atoms with E-state index in [1.807, 2.05) is 7.05 Å².